The third-order valence-electron chi connectivity index (χ3n) is 3.02. The maximum atomic E-state index is 11.8. The summed E-state index contributed by atoms with van der Waals surface area (Å²) in [6.45, 7) is 4.15. The van der Waals surface area contributed by atoms with Crippen LogP contribution in [0.5, 0.6) is 0 Å². The molecule has 15 heavy (non-hydrogen) atoms. The molecular weight excluding hydrogens is 210 g/mol. The van der Waals surface area contributed by atoms with Crippen LogP contribution in [-0.2, 0) is 10.2 Å². The van der Waals surface area contributed by atoms with Crippen molar-refractivity contribution in [2.45, 2.75) is 25.7 Å². The minimum Gasteiger partial charge on any atom is -0.315 e. The molecule has 0 saturated carbocycles. The van der Waals surface area contributed by atoms with Gasteiger partial charge in [-0.05, 0) is 23.8 Å². The van der Waals surface area contributed by atoms with Crippen molar-refractivity contribution >= 4 is 23.2 Å². The van der Waals surface area contributed by atoms with Gasteiger partial charge in [-0.15, -0.1) is 0 Å². The highest BCUT2D eigenvalue weighted by molar-refractivity contribution is 6.30. The van der Waals surface area contributed by atoms with E-state index in [0.29, 0.717) is 6.42 Å². The first-order chi connectivity index (χ1) is 6.92. The molecule has 0 aromatic heterocycles. The van der Waals surface area contributed by atoms with Crippen LogP contribution in [0.15, 0.2) is 18.2 Å². The zero-order valence-electron chi connectivity index (χ0n) is 9.17. The largest absolute Gasteiger partial charge is 0.315 e. The van der Waals surface area contributed by atoms with E-state index in [9.17, 15) is 4.79 Å². The molecule has 0 unspecified atom stereocenters. The van der Waals surface area contributed by atoms with Crippen LogP contribution in [0.3, 0.4) is 0 Å². The summed E-state index contributed by atoms with van der Waals surface area (Å²) < 4.78 is 0. The number of fused-ring (bicyclic) bond motifs is 1. The van der Waals surface area contributed by atoms with Gasteiger partial charge in [0.05, 0.1) is 0 Å². The van der Waals surface area contributed by atoms with Crippen molar-refractivity contribution in [3.05, 3.63) is 28.8 Å². The van der Waals surface area contributed by atoms with Gasteiger partial charge in [0, 0.05) is 29.6 Å². The molecule has 0 radical (unpaired) electrons. The molecule has 1 aliphatic rings. The normalized spacial score (nSPS) is 18.9. The lowest BCUT2D eigenvalue weighted by molar-refractivity contribution is -0.119. The summed E-state index contributed by atoms with van der Waals surface area (Å²) in [6, 6.07) is 5.70. The van der Waals surface area contributed by atoms with Gasteiger partial charge in [-0.2, -0.15) is 0 Å². The van der Waals surface area contributed by atoms with Gasteiger partial charge in [0.15, 0.2) is 0 Å². The first-order valence-corrected chi connectivity index (χ1v) is 5.36. The number of halogens is 1. The molecule has 1 aromatic carbocycles. The van der Waals surface area contributed by atoms with E-state index in [2.05, 4.69) is 13.8 Å². The van der Waals surface area contributed by atoms with Crippen LogP contribution in [-0.4, -0.2) is 13.0 Å². The van der Waals surface area contributed by atoms with Gasteiger partial charge in [-0.3, -0.25) is 4.79 Å². The molecule has 0 saturated heterocycles. The van der Waals surface area contributed by atoms with Gasteiger partial charge < -0.3 is 4.90 Å². The Hall–Kier alpha value is -1.02. The van der Waals surface area contributed by atoms with E-state index in [1.165, 1.54) is 0 Å². The van der Waals surface area contributed by atoms with Crippen LogP contribution in [0.25, 0.3) is 0 Å². The van der Waals surface area contributed by atoms with Crippen LogP contribution >= 0.6 is 11.6 Å². The molecule has 2 nitrogen and oxygen atoms in total. The second-order valence-electron chi connectivity index (χ2n) is 4.67. The number of anilines is 1. The van der Waals surface area contributed by atoms with Gasteiger partial charge >= 0.3 is 0 Å². The summed E-state index contributed by atoms with van der Waals surface area (Å²) in [5.41, 5.74) is 2.00. The van der Waals surface area contributed by atoms with E-state index < -0.39 is 0 Å². The summed E-state index contributed by atoms with van der Waals surface area (Å²) >= 11 is 5.98. The number of hydrogen-bond donors (Lipinski definition) is 0. The average molecular weight is 224 g/mol. The van der Waals surface area contributed by atoms with E-state index in [0.717, 1.165) is 16.3 Å². The van der Waals surface area contributed by atoms with Crippen molar-refractivity contribution in [3.8, 4) is 0 Å². The Balaban J connectivity index is 2.64. The van der Waals surface area contributed by atoms with Gasteiger partial charge in [-0.1, -0.05) is 25.4 Å². The molecule has 0 spiro atoms. The minimum absolute atomic E-state index is 0.121. The SMILES string of the molecule is CN1C(=O)CC(C)(C)c2cc(Cl)ccc21. The van der Waals surface area contributed by atoms with E-state index in [1.807, 2.05) is 25.2 Å². The van der Waals surface area contributed by atoms with E-state index in [-0.39, 0.29) is 11.3 Å². The van der Waals surface area contributed by atoms with E-state index in [4.69, 9.17) is 11.6 Å². The van der Waals surface area contributed by atoms with Crippen molar-refractivity contribution < 1.29 is 4.79 Å². The molecule has 0 fully saturated rings. The average Bonchev–Trinajstić information content (AvgIpc) is 2.14. The third kappa shape index (κ3) is 1.63. The second kappa shape index (κ2) is 3.24. The zero-order valence-corrected chi connectivity index (χ0v) is 9.93. The van der Waals surface area contributed by atoms with Gasteiger partial charge in [-0.25, -0.2) is 0 Å². The number of hydrogen-bond acceptors (Lipinski definition) is 1. The molecule has 1 amide bonds. The summed E-state index contributed by atoms with van der Waals surface area (Å²) in [5.74, 6) is 0.162. The van der Waals surface area contributed by atoms with Gasteiger partial charge in [0.1, 0.15) is 0 Å². The van der Waals surface area contributed by atoms with Crippen LogP contribution < -0.4 is 4.90 Å². The summed E-state index contributed by atoms with van der Waals surface area (Å²) in [4.78, 5) is 13.5. The fraction of sp³-hybridized carbons (Fsp3) is 0.417. The van der Waals surface area contributed by atoms with Crippen molar-refractivity contribution in [1.29, 1.82) is 0 Å². The van der Waals surface area contributed by atoms with Crippen LogP contribution in [0.4, 0.5) is 5.69 Å². The molecule has 3 heteroatoms. The molecule has 0 N–H and O–H groups in total. The number of nitrogens with zero attached hydrogens (tertiary/aromatic N) is 1. The smallest absolute Gasteiger partial charge is 0.227 e. The zero-order chi connectivity index (χ0) is 11.2. The number of benzene rings is 1. The number of rotatable bonds is 0. The minimum atomic E-state index is -0.121. The predicted octanol–water partition coefficient (Wildman–Crippen LogP) is 2.98. The molecule has 1 aromatic rings. The van der Waals surface area contributed by atoms with E-state index in [1.54, 1.807) is 4.90 Å². The standard InChI is InChI=1S/C12H14ClNO/c1-12(2)7-11(15)14(3)10-5-4-8(13)6-9(10)12/h4-6H,7H2,1-3H3. The second-order valence-corrected chi connectivity index (χ2v) is 5.11. The lowest BCUT2D eigenvalue weighted by atomic mass is 9.77. The first kappa shape index (κ1) is 10.5. The molecule has 80 valence electrons. The summed E-state index contributed by atoms with van der Waals surface area (Å²) in [7, 11) is 1.81. The van der Waals surface area contributed by atoms with Crippen molar-refractivity contribution in [2.24, 2.45) is 0 Å². The van der Waals surface area contributed by atoms with Gasteiger partial charge in [0.25, 0.3) is 0 Å². The molecular formula is C12H14ClNO. The highest BCUT2D eigenvalue weighted by atomic mass is 35.5. The van der Waals surface area contributed by atoms with Crippen molar-refractivity contribution in [2.75, 3.05) is 11.9 Å². The Morgan fingerprint density at radius 2 is 2.07 bits per heavy atom. The third-order valence-corrected chi connectivity index (χ3v) is 3.25. The van der Waals surface area contributed by atoms with Gasteiger partial charge in [0.2, 0.25) is 5.91 Å². The number of amides is 1. The highest BCUT2D eigenvalue weighted by Crippen LogP contribution is 2.40. The fourth-order valence-corrected chi connectivity index (χ4v) is 2.24. The highest BCUT2D eigenvalue weighted by Gasteiger charge is 2.34. The molecule has 0 bridgehead atoms. The Morgan fingerprint density at radius 3 is 2.73 bits per heavy atom. The Morgan fingerprint density at radius 1 is 1.40 bits per heavy atom. The van der Waals surface area contributed by atoms with Crippen molar-refractivity contribution in [3.63, 3.8) is 0 Å². The molecule has 0 atom stereocenters. The molecule has 2 rings (SSSR count). The summed E-state index contributed by atoms with van der Waals surface area (Å²) in [5, 5.41) is 0.726. The number of carbonyl (C=O) groups is 1. The first-order valence-electron chi connectivity index (χ1n) is 4.98. The lowest BCUT2D eigenvalue weighted by Crippen LogP contribution is -2.39. The fourth-order valence-electron chi connectivity index (χ4n) is 2.07. The van der Waals surface area contributed by atoms with Crippen LogP contribution in [0, 0.1) is 0 Å². The number of carbonyl (C=O) groups excluding carboxylic acids is 1. The Kier molecular flexibility index (Phi) is 2.27. The van der Waals surface area contributed by atoms with Crippen LogP contribution in [0.2, 0.25) is 5.02 Å². The van der Waals surface area contributed by atoms with Crippen LogP contribution in [0.1, 0.15) is 25.8 Å². The quantitative estimate of drug-likeness (QED) is 0.662. The van der Waals surface area contributed by atoms with Crippen molar-refractivity contribution in [1.82, 2.24) is 0 Å². The topological polar surface area (TPSA) is 20.3 Å². The Bertz CT molecular complexity index is 426. The molecule has 1 aliphatic heterocycles. The predicted molar refractivity (Wildman–Crippen MR) is 62.5 cm³/mol. The lowest BCUT2D eigenvalue weighted by Gasteiger charge is -2.36. The summed E-state index contributed by atoms with van der Waals surface area (Å²) in [6.07, 6.45) is 0.539. The molecule has 0 aliphatic carbocycles. The maximum absolute atomic E-state index is 11.8. The molecule has 1 heterocycles. The Labute approximate surface area is 94.8 Å². The maximum Gasteiger partial charge on any atom is 0.227 e. The van der Waals surface area contributed by atoms with E-state index >= 15 is 0 Å². The monoisotopic (exact) mass is 223 g/mol.